The first kappa shape index (κ1) is 11.0. The highest BCUT2D eigenvalue weighted by molar-refractivity contribution is 7.99. The van der Waals surface area contributed by atoms with Crippen LogP contribution in [0.4, 0.5) is 0 Å². The van der Waals surface area contributed by atoms with Gasteiger partial charge in [0, 0.05) is 0 Å². The third-order valence-electron chi connectivity index (χ3n) is 2.86. The van der Waals surface area contributed by atoms with Gasteiger partial charge in [-0.2, -0.15) is 11.8 Å². The molecule has 1 unspecified atom stereocenters. The number of carbonyl (C=O) groups is 1. The summed E-state index contributed by atoms with van der Waals surface area (Å²) in [4.78, 5) is 15.5. The van der Waals surface area contributed by atoms with E-state index >= 15 is 0 Å². The van der Waals surface area contributed by atoms with Gasteiger partial charge < -0.3 is 5.11 Å². The Balaban J connectivity index is 2.03. The highest BCUT2D eigenvalue weighted by atomic mass is 32.2. The third kappa shape index (κ3) is 2.05. The summed E-state index contributed by atoms with van der Waals surface area (Å²) in [6.45, 7) is 0. The minimum absolute atomic E-state index is 0.340. The van der Waals surface area contributed by atoms with Crippen molar-refractivity contribution in [2.45, 2.75) is 18.1 Å². The van der Waals surface area contributed by atoms with E-state index in [0.717, 1.165) is 15.2 Å². The fraction of sp³-hybridized carbons (Fsp3) is 0.333. The van der Waals surface area contributed by atoms with Gasteiger partial charge in [0.05, 0.1) is 21.0 Å². The van der Waals surface area contributed by atoms with Crippen LogP contribution in [0.15, 0.2) is 18.2 Å². The largest absolute Gasteiger partial charge is 0.478 e. The topological polar surface area (TPSA) is 50.2 Å². The number of carboxylic acid groups (broad SMARTS) is 1. The van der Waals surface area contributed by atoms with Gasteiger partial charge in [0.15, 0.2) is 0 Å². The summed E-state index contributed by atoms with van der Waals surface area (Å²) in [5.74, 6) is 0.332. The average Bonchev–Trinajstić information content (AvgIpc) is 2.96. The van der Waals surface area contributed by atoms with Crippen molar-refractivity contribution < 1.29 is 9.90 Å². The van der Waals surface area contributed by atoms with Gasteiger partial charge in [0.1, 0.15) is 5.01 Å². The van der Waals surface area contributed by atoms with Crippen LogP contribution in [0.2, 0.25) is 0 Å². The molecule has 0 aliphatic carbocycles. The van der Waals surface area contributed by atoms with Gasteiger partial charge in [0.2, 0.25) is 0 Å². The van der Waals surface area contributed by atoms with Crippen LogP contribution in [0, 0.1) is 0 Å². The lowest BCUT2D eigenvalue weighted by atomic mass is 10.2. The highest BCUT2D eigenvalue weighted by Gasteiger charge is 2.21. The number of aromatic carboxylic acids is 1. The molecule has 1 aliphatic rings. The summed E-state index contributed by atoms with van der Waals surface area (Å²) < 4.78 is 0.979. The first-order valence-corrected chi connectivity index (χ1v) is 7.36. The van der Waals surface area contributed by atoms with E-state index in [0.29, 0.717) is 10.8 Å². The second kappa shape index (κ2) is 4.31. The predicted molar refractivity (Wildman–Crippen MR) is 71.0 cm³/mol. The Hall–Kier alpha value is -1.07. The molecule has 1 aromatic heterocycles. The molecule has 0 spiro atoms. The molecule has 17 heavy (non-hydrogen) atoms. The zero-order valence-electron chi connectivity index (χ0n) is 9.05. The van der Waals surface area contributed by atoms with Gasteiger partial charge in [-0.1, -0.05) is 0 Å². The number of fused-ring (bicyclic) bond motifs is 1. The lowest BCUT2D eigenvalue weighted by Crippen LogP contribution is -1.94. The molecule has 3 rings (SSSR count). The smallest absolute Gasteiger partial charge is 0.335 e. The minimum atomic E-state index is -0.878. The van der Waals surface area contributed by atoms with Gasteiger partial charge in [-0.3, -0.25) is 0 Å². The van der Waals surface area contributed by atoms with Crippen LogP contribution in [-0.2, 0) is 0 Å². The molecule has 1 aliphatic heterocycles. The molecule has 0 saturated carbocycles. The molecule has 1 aromatic carbocycles. The number of hydrogen-bond donors (Lipinski definition) is 1. The monoisotopic (exact) mass is 265 g/mol. The van der Waals surface area contributed by atoms with Gasteiger partial charge in [-0.15, -0.1) is 11.3 Å². The van der Waals surface area contributed by atoms with Gasteiger partial charge in [0.25, 0.3) is 0 Å². The first-order chi connectivity index (χ1) is 8.24. The van der Waals surface area contributed by atoms with E-state index in [9.17, 15) is 4.79 Å². The van der Waals surface area contributed by atoms with Crippen molar-refractivity contribution in [3.8, 4) is 0 Å². The van der Waals surface area contributed by atoms with Crippen molar-refractivity contribution in [1.29, 1.82) is 0 Å². The molecular formula is C12H11NO2S2. The number of nitrogens with zero attached hydrogens (tertiary/aromatic N) is 1. The maximum atomic E-state index is 10.9. The maximum Gasteiger partial charge on any atom is 0.335 e. The Morgan fingerprint density at radius 3 is 3.06 bits per heavy atom. The molecular weight excluding hydrogens is 254 g/mol. The molecule has 2 aromatic rings. The van der Waals surface area contributed by atoms with Crippen molar-refractivity contribution in [2.24, 2.45) is 0 Å². The van der Waals surface area contributed by atoms with E-state index in [-0.39, 0.29) is 0 Å². The van der Waals surface area contributed by atoms with E-state index in [1.54, 1.807) is 29.5 Å². The third-order valence-corrected chi connectivity index (χ3v) is 5.52. The molecule has 3 nitrogen and oxygen atoms in total. The minimum Gasteiger partial charge on any atom is -0.478 e. The van der Waals surface area contributed by atoms with Gasteiger partial charge >= 0.3 is 5.97 Å². The number of benzene rings is 1. The molecule has 0 amide bonds. The van der Waals surface area contributed by atoms with Gasteiger partial charge in [-0.25, -0.2) is 9.78 Å². The number of thioether (sulfide) groups is 1. The van der Waals surface area contributed by atoms with E-state index < -0.39 is 5.97 Å². The molecule has 1 saturated heterocycles. The Kier molecular flexibility index (Phi) is 2.80. The van der Waals surface area contributed by atoms with Crippen molar-refractivity contribution >= 4 is 39.3 Å². The second-order valence-corrected chi connectivity index (χ2v) is 6.41. The number of thiazole rings is 1. The average molecular weight is 265 g/mol. The van der Waals surface area contributed by atoms with Crippen LogP contribution in [-0.4, -0.2) is 21.8 Å². The Morgan fingerprint density at radius 1 is 1.47 bits per heavy atom. The number of carboxylic acids is 1. The summed E-state index contributed by atoms with van der Waals surface area (Å²) >= 11 is 3.58. The number of rotatable bonds is 2. The zero-order chi connectivity index (χ0) is 11.8. The first-order valence-electron chi connectivity index (χ1n) is 5.49. The Morgan fingerprint density at radius 2 is 2.35 bits per heavy atom. The van der Waals surface area contributed by atoms with Crippen molar-refractivity contribution in [3.05, 3.63) is 28.8 Å². The van der Waals surface area contributed by atoms with Crippen molar-refractivity contribution in [1.82, 2.24) is 4.98 Å². The fourth-order valence-corrected chi connectivity index (χ4v) is 4.50. The van der Waals surface area contributed by atoms with Crippen LogP contribution in [0.25, 0.3) is 10.2 Å². The quantitative estimate of drug-likeness (QED) is 0.902. The van der Waals surface area contributed by atoms with Crippen LogP contribution >= 0.6 is 23.1 Å². The molecule has 2 heterocycles. The van der Waals surface area contributed by atoms with E-state index in [1.165, 1.54) is 18.6 Å². The normalized spacial score (nSPS) is 19.9. The summed E-state index contributed by atoms with van der Waals surface area (Å²) in [6, 6.07) is 5.15. The van der Waals surface area contributed by atoms with Crippen LogP contribution in [0.5, 0.6) is 0 Å². The highest BCUT2D eigenvalue weighted by Crippen LogP contribution is 2.42. The van der Waals surface area contributed by atoms with E-state index in [4.69, 9.17) is 5.11 Å². The van der Waals surface area contributed by atoms with E-state index in [2.05, 4.69) is 4.98 Å². The maximum absolute atomic E-state index is 10.9. The van der Waals surface area contributed by atoms with Crippen LogP contribution in [0.3, 0.4) is 0 Å². The summed E-state index contributed by atoms with van der Waals surface area (Å²) in [7, 11) is 0. The van der Waals surface area contributed by atoms with Crippen molar-refractivity contribution in [3.63, 3.8) is 0 Å². The standard InChI is InChI=1S/C12H11NO2S2/c14-12(15)7-3-4-8-10(6-7)17-11(13-8)9-2-1-5-16-9/h3-4,6,9H,1-2,5H2,(H,14,15). The molecule has 88 valence electrons. The molecule has 1 N–H and O–H groups in total. The van der Waals surface area contributed by atoms with E-state index in [1.807, 2.05) is 11.8 Å². The number of aromatic nitrogens is 1. The summed E-state index contributed by atoms with van der Waals surface area (Å²) in [6.07, 6.45) is 2.45. The Labute approximate surface area is 107 Å². The second-order valence-electron chi connectivity index (χ2n) is 4.04. The lowest BCUT2D eigenvalue weighted by Gasteiger charge is -2.01. The zero-order valence-corrected chi connectivity index (χ0v) is 10.7. The number of hydrogen-bond acceptors (Lipinski definition) is 4. The Bertz CT molecular complexity index is 573. The lowest BCUT2D eigenvalue weighted by molar-refractivity contribution is 0.0697. The molecule has 1 atom stereocenters. The van der Waals surface area contributed by atoms with Gasteiger partial charge in [-0.05, 0) is 36.8 Å². The van der Waals surface area contributed by atoms with Crippen molar-refractivity contribution in [2.75, 3.05) is 5.75 Å². The molecule has 0 bridgehead atoms. The molecule has 5 heteroatoms. The summed E-state index contributed by atoms with van der Waals surface area (Å²) in [5.41, 5.74) is 1.26. The molecule has 1 fully saturated rings. The van der Waals surface area contributed by atoms with Crippen LogP contribution < -0.4 is 0 Å². The fourth-order valence-electron chi connectivity index (χ4n) is 1.99. The molecule has 0 radical (unpaired) electrons. The van der Waals surface area contributed by atoms with Crippen LogP contribution in [0.1, 0.15) is 33.5 Å². The summed E-state index contributed by atoms with van der Waals surface area (Å²) in [5, 5.41) is 10.6. The SMILES string of the molecule is O=C(O)c1ccc2nc(C3CCCS3)sc2c1. The predicted octanol–water partition coefficient (Wildman–Crippen LogP) is 3.56.